The summed E-state index contributed by atoms with van der Waals surface area (Å²) in [6.45, 7) is 3.27. The fraction of sp³-hybridized carbons (Fsp3) is 0.250. The van der Waals surface area contributed by atoms with Crippen molar-refractivity contribution in [3.63, 3.8) is 0 Å². The zero-order valence-corrected chi connectivity index (χ0v) is 8.73. The highest BCUT2D eigenvalue weighted by Gasteiger charge is 2.04. The Bertz CT molecular complexity index is 468. The van der Waals surface area contributed by atoms with Gasteiger partial charge in [-0.15, -0.1) is 0 Å². The van der Waals surface area contributed by atoms with Gasteiger partial charge in [0.25, 0.3) is 0 Å². The maximum Gasteiger partial charge on any atom is 0.0777 e. The number of aromatic nitrogens is 1. The third kappa shape index (κ3) is 1.92. The molecule has 15 heavy (non-hydrogen) atoms. The van der Waals surface area contributed by atoms with Gasteiger partial charge in [-0.2, -0.15) is 0 Å². The average Bonchev–Trinajstić information content (AvgIpc) is 2.29. The number of ether oxygens (including phenoxy) is 1. The maximum absolute atomic E-state index is 5.87. The highest BCUT2D eigenvalue weighted by molar-refractivity contribution is 5.92. The Kier molecular flexibility index (Phi) is 2.83. The monoisotopic (exact) mass is 202 g/mol. The molecule has 0 radical (unpaired) electrons. The van der Waals surface area contributed by atoms with Crippen molar-refractivity contribution in [2.45, 2.75) is 13.5 Å². The lowest BCUT2D eigenvalue weighted by Gasteiger charge is -2.07. The van der Waals surface area contributed by atoms with Crippen molar-refractivity contribution in [1.29, 1.82) is 0 Å². The molecule has 1 aromatic carbocycles. The average molecular weight is 202 g/mol. The first-order valence-electron chi connectivity index (χ1n) is 5.02. The smallest absolute Gasteiger partial charge is 0.0777 e. The van der Waals surface area contributed by atoms with Crippen LogP contribution in [0.3, 0.4) is 0 Å². The molecule has 0 saturated heterocycles. The molecule has 78 valence electrons. The van der Waals surface area contributed by atoms with E-state index in [4.69, 9.17) is 10.5 Å². The van der Waals surface area contributed by atoms with Gasteiger partial charge < -0.3 is 10.5 Å². The molecule has 2 aromatic rings. The van der Waals surface area contributed by atoms with Gasteiger partial charge in [0, 0.05) is 29.4 Å². The molecule has 1 aromatic heterocycles. The largest absolute Gasteiger partial charge is 0.398 e. The number of nitrogen functional groups attached to an aromatic ring is 1. The Balaban J connectivity index is 2.51. The predicted octanol–water partition coefficient (Wildman–Crippen LogP) is 2.35. The first-order valence-corrected chi connectivity index (χ1v) is 5.02. The van der Waals surface area contributed by atoms with Crippen LogP contribution in [0.25, 0.3) is 10.9 Å². The minimum absolute atomic E-state index is 0.588. The third-order valence-corrected chi connectivity index (χ3v) is 2.35. The quantitative estimate of drug-likeness (QED) is 0.777. The molecule has 0 unspecified atom stereocenters. The Labute approximate surface area is 88.9 Å². The topological polar surface area (TPSA) is 48.1 Å². The summed E-state index contributed by atoms with van der Waals surface area (Å²) in [5, 5.41) is 0.995. The van der Waals surface area contributed by atoms with E-state index < -0.39 is 0 Å². The molecule has 3 nitrogen and oxygen atoms in total. The van der Waals surface area contributed by atoms with Crippen LogP contribution in [0, 0.1) is 0 Å². The second-order valence-electron chi connectivity index (χ2n) is 3.35. The van der Waals surface area contributed by atoms with E-state index in [1.807, 2.05) is 31.2 Å². The van der Waals surface area contributed by atoms with Crippen molar-refractivity contribution >= 4 is 16.6 Å². The van der Waals surface area contributed by atoms with Gasteiger partial charge in [-0.25, -0.2) is 0 Å². The number of benzene rings is 1. The summed E-state index contributed by atoms with van der Waals surface area (Å²) in [6, 6.07) is 7.74. The summed E-state index contributed by atoms with van der Waals surface area (Å²) in [5.74, 6) is 0. The minimum atomic E-state index is 0.588. The van der Waals surface area contributed by atoms with Crippen molar-refractivity contribution < 1.29 is 4.74 Å². The highest BCUT2D eigenvalue weighted by atomic mass is 16.5. The number of nitrogens with two attached hydrogens (primary N) is 1. The minimum Gasteiger partial charge on any atom is -0.398 e. The number of hydrogen-bond acceptors (Lipinski definition) is 3. The fourth-order valence-electron chi connectivity index (χ4n) is 1.58. The number of nitrogens with zero attached hydrogens (tertiary/aromatic N) is 1. The number of anilines is 1. The first-order chi connectivity index (χ1) is 7.33. The van der Waals surface area contributed by atoms with Gasteiger partial charge in [-0.1, -0.05) is 6.07 Å². The third-order valence-electron chi connectivity index (χ3n) is 2.35. The zero-order valence-electron chi connectivity index (χ0n) is 8.73. The summed E-state index contributed by atoms with van der Waals surface area (Å²) >= 11 is 0. The van der Waals surface area contributed by atoms with E-state index in [0.717, 1.165) is 22.2 Å². The molecule has 0 aliphatic rings. The number of hydrogen-bond donors (Lipinski definition) is 1. The lowest BCUT2D eigenvalue weighted by Crippen LogP contribution is -1.96. The number of rotatable bonds is 3. The molecule has 0 saturated carbocycles. The van der Waals surface area contributed by atoms with Crippen molar-refractivity contribution in [2.75, 3.05) is 12.3 Å². The van der Waals surface area contributed by atoms with Crippen molar-refractivity contribution in [3.05, 3.63) is 36.0 Å². The molecule has 0 fully saturated rings. The van der Waals surface area contributed by atoms with Crippen LogP contribution in [0.1, 0.15) is 12.5 Å². The van der Waals surface area contributed by atoms with Gasteiger partial charge in [0.1, 0.15) is 0 Å². The molecule has 2 N–H and O–H groups in total. The molecule has 1 heterocycles. The normalized spacial score (nSPS) is 10.7. The molecule has 0 aliphatic carbocycles. The van der Waals surface area contributed by atoms with Crippen LogP contribution in [0.15, 0.2) is 30.5 Å². The second-order valence-corrected chi connectivity index (χ2v) is 3.35. The van der Waals surface area contributed by atoms with E-state index in [0.29, 0.717) is 13.2 Å². The molecule has 0 atom stereocenters. The second kappa shape index (κ2) is 4.28. The van der Waals surface area contributed by atoms with Crippen LogP contribution in [0.5, 0.6) is 0 Å². The Morgan fingerprint density at radius 1 is 1.33 bits per heavy atom. The molecular formula is C12H14N2O. The first kappa shape index (κ1) is 9.93. The molecule has 2 rings (SSSR count). The van der Waals surface area contributed by atoms with E-state index in [1.165, 1.54) is 0 Å². The standard InChI is InChI=1S/C12H14N2O/c1-2-15-8-9-5-6-11(13)10-4-3-7-14-12(9)10/h3-7H,2,8,13H2,1H3. The van der Waals surface area contributed by atoms with E-state index in [2.05, 4.69) is 4.98 Å². The van der Waals surface area contributed by atoms with E-state index >= 15 is 0 Å². The SMILES string of the molecule is CCOCc1ccc(N)c2cccnc12. The van der Waals surface area contributed by atoms with Crippen molar-refractivity contribution in [1.82, 2.24) is 4.98 Å². The molecule has 0 amide bonds. The van der Waals surface area contributed by atoms with Crippen LogP contribution < -0.4 is 5.73 Å². The highest BCUT2D eigenvalue weighted by Crippen LogP contribution is 2.22. The lowest BCUT2D eigenvalue weighted by atomic mass is 10.1. The van der Waals surface area contributed by atoms with Gasteiger partial charge in [0.2, 0.25) is 0 Å². The van der Waals surface area contributed by atoms with Gasteiger partial charge in [0.05, 0.1) is 12.1 Å². The van der Waals surface area contributed by atoms with Crippen LogP contribution in [-0.4, -0.2) is 11.6 Å². The number of pyridine rings is 1. The van der Waals surface area contributed by atoms with Gasteiger partial charge in [0.15, 0.2) is 0 Å². The summed E-state index contributed by atoms with van der Waals surface area (Å²) in [4.78, 5) is 4.33. The Hall–Kier alpha value is -1.61. The summed E-state index contributed by atoms with van der Waals surface area (Å²) in [6.07, 6.45) is 1.78. The van der Waals surface area contributed by atoms with Crippen molar-refractivity contribution in [2.24, 2.45) is 0 Å². The Morgan fingerprint density at radius 2 is 2.20 bits per heavy atom. The summed E-state index contributed by atoms with van der Waals surface area (Å²) in [5.41, 5.74) is 8.66. The number of fused-ring (bicyclic) bond motifs is 1. The van der Waals surface area contributed by atoms with E-state index in [9.17, 15) is 0 Å². The molecule has 3 heteroatoms. The van der Waals surface area contributed by atoms with Crippen LogP contribution in [0.2, 0.25) is 0 Å². The molecule has 0 bridgehead atoms. The van der Waals surface area contributed by atoms with Gasteiger partial charge in [-0.3, -0.25) is 4.98 Å². The van der Waals surface area contributed by atoms with Crippen LogP contribution in [-0.2, 0) is 11.3 Å². The van der Waals surface area contributed by atoms with Gasteiger partial charge in [-0.05, 0) is 25.1 Å². The fourth-order valence-corrected chi connectivity index (χ4v) is 1.58. The van der Waals surface area contributed by atoms with Gasteiger partial charge >= 0.3 is 0 Å². The van der Waals surface area contributed by atoms with E-state index in [-0.39, 0.29) is 0 Å². The predicted molar refractivity (Wildman–Crippen MR) is 61.5 cm³/mol. The lowest BCUT2D eigenvalue weighted by molar-refractivity contribution is 0.135. The zero-order chi connectivity index (χ0) is 10.7. The van der Waals surface area contributed by atoms with Crippen LogP contribution in [0.4, 0.5) is 5.69 Å². The molecule has 0 aliphatic heterocycles. The maximum atomic E-state index is 5.87. The van der Waals surface area contributed by atoms with E-state index in [1.54, 1.807) is 6.20 Å². The Morgan fingerprint density at radius 3 is 3.00 bits per heavy atom. The molecule has 0 spiro atoms. The van der Waals surface area contributed by atoms with Crippen molar-refractivity contribution in [3.8, 4) is 0 Å². The summed E-state index contributed by atoms with van der Waals surface area (Å²) in [7, 11) is 0. The van der Waals surface area contributed by atoms with Crippen LogP contribution >= 0.6 is 0 Å². The molecular weight excluding hydrogens is 188 g/mol. The summed E-state index contributed by atoms with van der Waals surface area (Å²) < 4.78 is 5.39.